The Hall–Kier alpha value is -1.60. The highest BCUT2D eigenvalue weighted by atomic mass is 35.7. The lowest BCUT2D eigenvalue weighted by Gasteiger charge is -2.11. The highest BCUT2D eigenvalue weighted by Gasteiger charge is 2.26. The Balaban J connectivity index is 2.38. The van der Waals surface area contributed by atoms with Crippen molar-refractivity contribution in [3.05, 3.63) is 41.6 Å². The second-order valence-corrected chi connectivity index (χ2v) is 5.96. The van der Waals surface area contributed by atoms with Gasteiger partial charge in [-0.3, -0.25) is 0 Å². The molecule has 0 saturated heterocycles. The van der Waals surface area contributed by atoms with Crippen LogP contribution >= 0.6 is 0 Å². The van der Waals surface area contributed by atoms with Crippen molar-refractivity contribution in [2.45, 2.75) is 39.5 Å². The molecule has 2 rings (SSSR count). The molecule has 0 N–H and O–H groups in total. The minimum absolute atomic E-state index is 0.602. The molecular weight excluding hydrogens is 308 g/mol. The van der Waals surface area contributed by atoms with Crippen molar-refractivity contribution in [3.63, 3.8) is 0 Å². The summed E-state index contributed by atoms with van der Waals surface area (Å²) < 4.78 is 37.1. The fourth-order valence-corrected chi connectivity index (χ4v) is 2.61. The van der Waals surface area contributed by atoms with E-state index in [-0.39, 0.29) is 0 Å². The lowest BCUT2D eigenvalue weighted by atomic mass is 10.0. The number of nitrogens with zero attached hydrogens (tertiary/aromatic N) is 2. The molecule has 1 aromatic carbocycles. The Kier molecular flexibility index (Phi) is 5.42. The molecule has 6 nitrogen and oxygen atoms in total. The van der Waals surface area contributed by atoms with Gasteiger partial charge in [-0.25, -0.2) is 0 Å². The molecule has 0 bridgehead atoms. The van der Waals surface area contributed by atoms with Gasteiger partial charge in [-0.2, -0.15) is 14.0 Å². The molecule has 1 aromatic heterocycles. The van der Waals surface area contributed by atoms with E-state index in [2.05, 4.69) is 16.4 Å². The standard InChI is InChI=1S/C15H19ClN2O4/c1-3-4-6-11-14-12(2)15(13-9-7-5-8-10-13)17-18(14)22-16(19,20)21/h5,7-10H,3-4,6,11H2,1-2H3. The number of rotatable bonds is 7. The first-order chi connectivity index (χ1) is 10.4. The molecule has 0 aliphatic carbocycles. The topological polar surface area (TPSA) is 96.2 Å². The van der Waals surface area contributed by atoms with Crippen LogP contribution in [0.4, 0.5) is 0 Å². The van der Waals surface area contributed by atoms with E-state index in [1.54, 1.807) is 0 Å². The van der Waals surface area contributed by atoms with Crippen molar-refractivity contribution in [1.82, 2.24) is 9.94 Å². The zero-order valence-corrected chi connectivity index (χ0v) is 13.4. The summed E-state index contributed by atoms with van der Waals surface area (Å²) in [4.78, 5) is 0.844. The summed E-state index contributed by atoms with van der Waals surface area (Å²) >= 11 is 0. The Morgan fingerprint density at radius 3 is 2.41 bits per heavy atom. The first kappa shape index (κ1) is 16.8. The van der Waals surface area contributed by atoms with Crippen LogP contribution in [-0.2, 0) is 6.42 Å². The van der Waals surface area contributed by atoms with Gasteiger partial charge in [0.2, 0.25) is 0 Å². The number of benzene rings is 1. The predicted molar refractivity (Wildman–Crippen MR) is 72.2 cm³/mol. The van der Waals surface area contributed by atoms with E-state index in [0.717, 1.165) is 35.2 Å². The largest absolute Gasteiger partial charge is 0.173 e. The van der Waals surface area contributed by atoms with Gasteiger partial charge in [0.15, 0.2) is 10.2 Å². The minimum atomic E-state index is -4.58. The van der Waals surface area contributed by atoms with Gasteiger partial charge in [-0.15, -0.1) is 5.10 Å². The third kappa shape index (κ3) is 4.20. The highest BCUT2D eigenvalue weighted by Crippen LogP contribution is 2.25. The van der Waals surface area contributed by atoms with Gasteiger partial charge in [0.1, 0.15) is 0 Å². The SMILES string of the molecule is CCCCCc1c(C)c(-c2ccccc2)nn1O[Cl+3]([O-])([O-])[O-]. The molecule has 7 heteroatoms. The van der Waals surface area contributed by atoms with Gasteiger partial charge in [-0.1, -0.05) is 50.1 Å². The minimum Gasteiger partial charge on any atom is -0.164 e. The number of aromatic nitrogens is 2. The normalized spacial score (nSPS) is 11.7. The average Bonchev–Trinajstić information content (AvgIpc) is 2.75. The summed E-state index contributed by atoms with van der Waals surface area (Å²) in [7, 11) is -4.58. The molecule has 0 spiro atoms. The summed E-state index contributed by atoms with van der Waals surface area (Å²) in [6.07, 6.45) is 3.52. The predicted octanol–water partition coefficient (Wildman–Crippen LogP) is -0.0829. The van der Waals surface area contributed by atoms with Crippen molar-refractivity contribution in [3.8, 4) is 11.3 Å². The molecule has 22 heavy (non-hydrogen) atoms. The average molecular weight is 327 g/mol. The van der Waals surface area contributed by atoms with Crippen LogP contribution in [-0.4, -0.2) is 9.94 Å². The van der Waals surface area contributed by atoms with Crippen LogP contribution in [0.25, 0.3) is 11.3 Å². The second kappa shape index (κ2) is 7.11. The summed E-state index contributed by atoms with van der Waals surface area (Å²) in [5.74, 6) is 0. The van der Waals surface area contributed by atoms with Gasteiger partial charge in [0.25, 0.3) is 0 Å². The van der Waals surface area contributed by atoms with E-state index in [4.69, 9.17) is 0 Å². The van der Waals surface area contributed by atoms with Crippen LogP contribution in [0.2, 0.25) is 0 Å². The van der Waals surface area contributed by atoms with Crippen molar-refractivity contribution < 1.29 is 28.6 Å². The first-order valence-electron chi connectivity index (χ1n) is 7.17. The molecule has 0 amide bonds. The molecule has 0 fully saturated rings. The van der Waals surface area contributed by atoms with Crippen molar-refractivity contribution in [1.29, 1.82) is 0 Å². The molecule has 0 aliphatic rings. The number of hydrogen-bond acceptors (Lipinski definition) is 5. The van der Waals surface area contributed by atoms with E-state index < -0.39 is 10.2 Å². The number of halogens is 1. The lowest BCUT2D eigenvalue weighted by Crippen LogP contribution is -2.65. The van der Waals surface area contributed by atoms with Gasteiger partial charge in [0, 0.05) is 16.0 Å². The third-order valence-electron chi connectivity index (χ3n) is 3.42. The van der Waals surface area contributed by atoms with Crippen molar-refractivity contribution in [2.75, 3.05) is 0 Å². The zero-order valence-electron chi connectivity index (χ0n) is 12.6. The fraction of sp³-hybridized carbons (Fsp3) is 0.400. The van der Waals surface area contributed by atoms with E-state index in [1.165, 1.54) is 0 Å². The third-order valence-corrected chi connectivity index (χ3v) is 3.72. The molecule has 120 valence electrons. The monoisotopic (exact) mass is 326 g/mol. The maximum atomic E-state index is 10.9. The van der Waals surface area contributed by atoms with Gasteiger partial charge in [0.05, 0.1) is 15.8 Å². The van der Waals surface area contributed by atoms with Crippen LogP contribution in [0.3, 0.4) is 0 Å². The Morgan fingerprint density at radius 2 is 1.82 bits per heavy atom. The molecule has 0 saturated carbocycles. The van der Waals surface area contributed by atoms with Gasteiger partial charge in [-0.05, 0) is 19.8 Å². The van der Waals surface area contributed by atoms with E-state index >= 15 is 0 Å². The Morgan fingerprint density at radius 1 is 1.14 bits per heavy atom. The molecule has 1 heterocycles. The smallest absolute Gasteiger partial charge is 0.164 e. The Labute approximate surface area is 131 Å². The van der Waals surface area contributed by atoms with Crippen molar-refractivity contribution >= 4 is 0 Å². The van der Waals surface area contributed by atoms with E-state index in [9.17, 15) is 14.0 Å². The van der Waals surface area contributed by atoms with Crippen molar-refractivity contribution in [2.24, 2.45) is 0 Å². The Bertz CT molecular complexity index is 608. The van der Waals surface area contributed by atoms with Gasteiger partial charge < -0.3 is 0 Å². The van der Waals surface area contributed by atoms with Crippen LogP contribution in [0, 0.1) is 17.2 Å². The van der Waals surface area contributed by atoms with Crippen LogP contribution in [0.15, 0.2) is 30.3 Å². The summed E-state index contributed by atoms with van der Waals surface area (Å²) in [5, 5.41) is 4.15. The molecule has 0 aliphatic heterocycles. The lowest BCUT2D eigenvalue weighted by molar-refractivity contribution is -1.92. The van der Waals surface area contributed by atoms with Crippen LogP contribution < -0.4 is 18.4 Å². The second-order valence-electron chi connectivity index (χ2n) is 5.06. The number of unbranched alkanes of at least 4 members (excludes halogenated alkanes) is 2. The summed E-state index contributed by atoms with van der Waals surface area (Å²) in [6, 6.07) is 9.37. The van der Waals surface area contributed by atoms with Gasteiger partial charge >= 0.3 is 0 Å². The zero-order chi connectivity index (χ0) is 16.2. The molecular formula is C15H19ClN2O4. The number of hydrogen-bond donors (Lipinski definition) is 0. The summed E-state index contributed by atoms with van der Waals surface area (Å²) in [6.45, 7) is 3.93. The fourth-order valence-electron chi connectivity index (χ4n) is 2.34. The van der Waals surface area contributed by atoms with Crippen LogP contribution in [0.1, 0.15) is 37.4 Å². The highest BCUT2D eigenvalue weighted by molar-refractivity contribution is 5.63. The molecule has 0 radical (unpaired) electrons. The maximum absolute atomic E-state index is 10.9. The quantitative estimate of drug-likeness (QED) is 0.663. The van der Waals surface area contributed by atoms with Crippen LogP contribution in [0.5, 0.6) is 0 Å². The van der Waals surface area contributed by atoms with E-state index in [1.807, 2.05) is 37.3 Å². The van der Waals surface area contributed by atoms with E-state index in [0.29, 0.717) is 17.8 Å². The summed E-state index contributed by atoms with van der Waals surface area (Å²) in [5.41, 5.74) is 2.89. The molecule has 0 atom stereocenters. The molecule has 0 unspecified atom stereocenters. The maximum Gasteiger partial charge on any atom is 0.173 e. The molecule has 2 aromatic rings. The first-order valence-corrected chi connectivity index (χ1v) is 8.40.